The van der Waals surface area contributed by atoms with Crippen molar-refractivity contribution in [3.8, 4) is 0 Å². The van der Waals surface area contributed by atoms with Gasteiger partial charge in [0.05, 0.1) is 0 Å². The minimum absolute atomic E-state index is 0.176. The molecular weight excluding hydrogens is 204 g/mol. The molecule has 1 aromatic carbocycles. The fourth-order valence-corrected chi connectivity index (χ4v) is 1.85. The van der Waals surface area contributed by atoms with Crippen LogP contribution in [-0.2, 0) is 16.0 Å². The Morgan fingerprint density at radius 1 is 1.20 bits per heavy atom. The van der Waals surface area contributed by atoms with Gasteiger partial charge >= 0.3 is 0 Å². The van der Waals surface area contributed by atoms with Crippen LogP contribution < -0.4 is 0 Å². The van der Waals surface area contributed by atoms with E-state index in [9.17, 15) is 4.79 Å². The van der Waals surface area contributed by atoms with Gasteiger partial charge in [0.2, 0.25) is 0 Å². The molecular formula is C13H18OS. The SMILES string of the molecule is CC(=O)SCc1ccc(C(C)(C)C)cc1. The van der Waals surface area contributed by atoms with E-state index in [-0.39, 0.29) is 10.5 Å². The van der Waals surface area contributed by atoms with E-state index >= 15 is 0 Å². The quantitative estimate of drug-likeness (QED) is 0.758. The third-order valence-electron chi connectivity index (χ3n) is 2.26. The molecule has 0 fully saturated rings. The number of rotatable bonds is 2. The molecule has 0 heterocycles. The molecule has 0 aliphatic rings. The van der Waals surface area contributed by atoms with Gasteiger partial charge in [-0.1, -0.05) is 56.8 Å². The van der Waals surface area contributed by atoms with Gasteiger partial charge in [-0.3, -0.25) is 4.79 Å². The summed E-state index contributed by atoms with van der Waals surface area (Å²) in [4.78, 5) is 10.8. The van der Waals surface area contributed by atoms with E-state index in [1.54, 1.807) is 6.92 Å². The first-order valence-corrected chi connectivity index (χ1v) is 6.11. The molecule has 0 aliphatic carbocycles. The topological polar surface area (TPSA) is 17.1 Å². The molecule has 82 valence electrons. The third kappa shape index (κ3) is 4.08. The van der Waals surface area contributed by atoms with Crippen LogP contribution in [0.2, 0.25) is 0 Å². The van der Waals surface area contributed by atoms with E-state index in [2.05, 4.69) is 45.0 Å². The molecule has 2 heteroatoms. The highest BCUT2D eigenvalue weighted by atomic mass is 32.2. The Labute approximate surface area is 96.3 Å². The molecule has 15 heavy (non-hydrogen) atoms. The Morgan fingerprint density at radius 3 is 2.13 bits per heavy atom. The Morgan fingerprint density at radius 2 is 1.73 bits per heavy atom. The zero-order chi connectivity index (χ0) is 11.5. The van der Waals surface area contributed by atoms with Crippen LogP contribution in [0.3, 0.4) is 0 Å². The lowest BCUT2D eigenvalue weighted by atomic mass is 9.87. The average Bonchev–Trinajstić information content (AvgIpc) is 2.14. The molecule has 0 saturated heterocycles. The first kappa shape index (κ1) is 12.3. The number of benzene rings is 1. The lowest BCUT2D eigenvalue weighted by molar-refractivity contribution is -0.109. The van der Waals surface area contributed by atoms with Gasteiger partial charge in [-0.15, -0.1) is 0 Å². The van der Waals surface area contributed by atoms with Gasteiger partial charge < -0.3 is 0 Å². The van der Waals surface area contributed by atoms with Crippen molar-refractivity contribution in [1.29, 1.82) is 0 Å². The molecule has 0 unspecified atom stereocenters. The fraction of sp³-hybridized carbons (Fsp3) is 0.462. The van der Waals surface area contributed by atoms with E-state index in [0.717, 1.165) is 5.75 Å². The van der Waals surface area contributed by atoms with Gasteiger partial charge in [0.1, 0.15) is 0 Å². The predicted molar refractivity (Wildman–Crippen MR) is 67.1 cm³/mol. The van der Waals surface area contributed by atoms with Crippen molar-refractivity contribution in [3.05, 3.63) is 35.4 Å². The summed E-state index contributed by atoms with van der Waals surface area (Å²) >= 11 is 1.36. The Hall–Kier alpha value is -0.760. The molecule has 1 rings (SSSR count). The summed E-state index contributed by atoms with van der Waals surface area (Å²) in [7, 11) is 0. The zero-order valence-corrected chi connectivity index (χ0v) is 10.6. The summed E-state index contributed by atoms with van der Waals surface area (Å²) in [6, 6.07) is 8.51. The van der Waals surface area contributed by atoms with Gasteiger partial charge in [0, 0.05) is 12.7 Å². The fourth-order valence-electron chi connectivity index (χ4n) is 1.29. The van der Waals surface area contributed by atoms with Gasteiger partial charge in [0.15, 0.2) is 5.12 Å². The van der Waals surface area contributed by atoms with E-state index in [4.69, 9.17) is 0 Å². The molecule has 0 radical (unpaired) electrons. The van der Waals surface area contributed by atoms with E-state index < -0.39 is 0 Å². The highest BCUT2D eigenvalue weighted by Crippen LogP contribution is 2.23. The Balaban J connectivity index is 2.69. The minimum Gasteiger partial charge on any atom is -0.288 e. The average molecular weight is 222 g/mol. The van der Waals surface area contributed by atoms with Gasteiger partial charge in [-0.25, -0.2) is 0 Å². The maximum atomic E-state index is 10.8. The Kier molecular flexibility index (Phi) is 3.97. The lowest BCUT2D eigenvalue weighted by Gasteiger charge is -2.19. The molecule has 0 bridgehead atoms. The summed E-state index contributed by atoms with van der Waals surface area (Å²) in [5.41, 5.74) is 2.74. The second kappa shape index (κ2) is 4.84. The summed E-state index contributed by atoms with van der Waals surface area (Å²) < 4.78 is 0. The van der Waals surface area contributed by atoms with Gasteiger partial charge in [-0.2, -0.15) is 0 Å². The van der Waals surface area contributed by atoms with Crippen molar-refractivity contribution in [2.24, 2.45) is 0 Å². The second-order valence-electron chi connectivity index (χ2n) is 4.73. The maximum Gasteiger partial charge on any atom is 0.186 e. The van der Waals surface area contributed by atoms with Crippen LogP contribution >= 0.6 is 11.8 Å². The van der Waals surface area contributed by atoms with Crippen LogP contribution in [0.1, 0.15) is 38.8 Å². The summed E-state index contributed by atoms with van der Waals surface area (Å²) in [6.07, 6.45) is 0. The van der Waals surface area contributed by atoms with Crippen LogP contribution in [0.4, 0.5) is 0 Å². The highest BCUT2D eigenvalue weighted by Gasteiger charge is 2.12. The van der Waals surface area contributed by atoms with Crippen molar-refractivity contribution < 1.29 is 4.79 Å². The number of carbonyl (C=O) groups is 1. The molecule has 0 aromatic heterocycles. The van der Waals surface area contributed by atoms with Crippen LogP contribution in [0.25, 0.3) is 0 Å². The van der Waals surface area contributed by atoms with Crippen molar-refractivity contribution in [3.63, 3.8) is 0 Å². The number of carbonyl (C=O) groups excluding carboxylic acids is 1. The summed E-state index contributed by atoms with van der Waals surface area (Å²) in [5, 5.41) is 0.176. The number of hydrogen-bond acceptors (Lipinski definition) is 2. The van der Waals surface area contributed by atoms with Gasteiger partial charge in [-0.05, 0) is 16.5 Å². The normalized spacial score (nSPS) is 11.5. The molecule has 0 amide bonds. The van der Waals surface area contributed by atoms with Crippen molar-refractivity contribution in [2.45, 2.75) is 38.9 Å². The molecule has 0 atom stereocenters. The smallest absolute Gasteiger partial charge is 0.186 e. The summed E-state index contributed by atoms with van der Waals surface area (Å²) in [6.45, 7) is 8.21. The van der Waals surface area contributed by atoms with Crippen LogP contribution in [0.15, 0.2) is 24.3 Å². The molecule has 0 aliphatic heterocycles. The standard InChI is InChI=1S/C13H18OS/c1-10(14)15-9-11-5-7-12(8-6-11)13(2,3)4/h5-8H,9H2,1-4H3. The monoisotopic (exact) mass is 222 g/mol. The van der Waals surface area contributed by atoms with E-state index in [1.807, 2.05) is 0 Å². The van der Waals surface area contributed by atoms with Crippen LogP contribution in [-0.4, -0.2) is 5.12 Å². The number of hydrogen-bond donors (Lipinski definition) is 0. The zero-order valence-electron chi connectivity index (χ0n) is 9.83. The van der Waals surface area contributed by atoms with E-state index in [0.29, 0.717) is 0 Å². The second-order valence-corrected chi connectivity index (χ2v) is 5.88. The molecule has 1 aromatic rings. The lowest BCUT2D eigenvalue weighted by Crippen LogP contribution is -2.10. The van der Waals surface area contributed by atoms with Crippen molar-refractivity contribution >= 4 is 16.9 Å². The third-order valence-corrected chi connectivity index (χ3v) is 3.15. The largest absolute Gasteiger partial charge is 0.288 e. The van der Waals surface area contributed by atoms with Crippen LogP contribution in [0.5, 0.6) is 0 Å². The number of thioether (sulfide) groups is 1. The minimum atomic E-state index is 0.176. The maximum absolute atomic E-state index is 10.8. The molecule has 1 nitrogen and oxygen atoms in total. The predicted octanol–water partition coefficient (Wildman–Crippen LogP) is 3.76. The first-order valence-electron chi connectivity index (χ1n) is 5.12. The first-order chi connectivity index (χ1) is 6.89. The highest BCUT2D eigenvalue weighted by molar-refractivity contribution is 8.12. The van der Waals surface area contributed by atoms with Crippen molar-refractivity contribution in [2.75, 3.05) is 0 Å². The van der Waals surface area contributed by atoms with Gasteiger partial charge in [0.25, 0.3) is 0 Å². The molecule has 0 N–H and O–H groups in total. The van der Waals surface area contributed by atoms with Crippen LogP contribution in [0, 0.1) is 0 Å². The van der Waals surface area contributed by atoms with Crippen molar-refractivity contribution in [1.82, 2.24) is 0 Å². The molecule has 0 saturated carbocycles. The van der Waals surface area contributed by atoms with E-state index in [1.165, 1.54) is 22.9 Å². The molecule has 0 spiro atoms. The Bertz CT molecular complexity index is 333. The summed E-state index contributed by atoms with van der Waals surface area (Å²) in [5.74, 6) is 0.778.